The van der Waals surface area contributed by atoms with Crippen LogP contribution in [-0.4, -0.2) is 6.61 Å². The lowest BCUT2D eigenvalue weighted by Crippen LogP contribution is -2.04. The van der Waals surface area contributed by atoms with Crippen molar-refractivity contribution in [2.45, 2.75) is 20.1 Å². The summed E-state index contributed by atoms with van der Waals surface area (Å²) in [6.07, 6.45) is 0. The van der Waals surface area contributed by atoms with Gasteiger partial charge in [0.1, 0.15) is 6.61 Å². The van der Waals surface area contributed by atoms with Crippen LogP contribution in [0.4, 0.5) is 5.69 Å². The van der Waals surface area contributed by atoms with Crippen LogP contribution in [0.3, 0.4) is 0 Å². The zero-order valence-corrected chi connectivity index (χ0v) is 19.7. The third-order valence-electron chi connectivity index (χ3n) is 4.21. The number of nitrogens with one attached hydrogen (secondary N) is 1. The first-order chi connectivity index (χ1) is 14.4. The summed E-state index contributed by atoms with van der Waals surface area (Å²) in [5.41, 5.74) is 2.35. The van der Waals surface area contributed by atoms with E-state index in [1.54, 1.807) is 30.3 Å². The van der Waals surface area contributed by atoms with Crippen LogP contribution in [-0.2, 0) is 13.2 Å². The fourth-order valence-electron chi connectivity index (χ4n) is 2.77. The van der Waals surface area contributed by atoms with Crippen molar-refractivity contribution in [2.24, 2.45) is 0 Å². The molecule has 30 heavy (non-hydrogen) atoms. The standard InChI is InChI=1S/C22H18Cl5NO2/c1-2-29-21-9-13(11-28-20-7-6-14(23)10-18(20)26)8-19(27)22(21)30-12-15-16(24)4-3-5-17(15)25/h3-10,28H,2,11-12H2,1H3. The van der Waals surface area contributed by atoms with Gasteiger partial charge in [-0.25, -0.2) is 0 Å². The lowest BCUT2D eigenvalue weighted by atomic mass is 10.2. The van der Waals surface area contributed by atoms with Crippen LogP contribution in [0.1, 0.15) is 18.1 Å². The highest BCUT2D eigenvalue weighted by molar-refractivity contribution is 6.36. The quantitative estimate of drug-likeness (QED) is 0.333. The van der Waals surface area contributed by atoms with Gasteiger partial charge in [-0.1, -0.05) is 64.1 Å². The zero-order chi connectivity index (χ0) is 21.7. The summed E-state index contributed by atoms with van der Waals surface area (Å²) in [5, 5.41) is 5.85. The minimum atomic E-state index is 0.163. The Balaban J connectivity index is 1.79. The maximum Gasteiger partial charge on any atom is 0.180 e. The van der Waals surface area contributed by atoms with Crippen molar-refractivity contribution in [1.82, 2.24) is 0 Å². The van der Waals surface area contributed by atoms with Gasteiger partial charge in [0.25, 0.3) is 0 Å². The smallest absolute Gasteiger partial charge is 0.180 e. The molecule has 0 heterocycles. The van der Waals surface area contributed by atoms with Gasteiger partial charge < -0.3 is 14.8 Å². The first-order valence-corrected chi connectivity index (χ1v) is 11.0. The van der Waals surface area contributed by atoms with Crippen molar-refractivity contribution in [2.75, 3.05) is 11.9 Å². The monoisotopic (exact) mass is 503 g/mol. The number of benzene rings is 3. The summed E-state index contributed by atoms with van der Waals surface area (Å²) >= 11 is 31.1. The Morgan fingerprint density at radius 3 is 2.20 bits per heavy atom. The van der Waals surface area contributed by atoms with Crippen LogP contribution in [0, 0.1) is 0 Å². The molecule has 0 unspecified atom stereocenters. The van der Waals surface area contributed by atoms with Gasteiger partial charge in [-0.05, 0) is 55.0 Å². The van der Waals surface area contributed by atoms with E-state index in [-0.39, 0.29) is 6.61 Å². The fraction of sp³-hybridized carbons (Fsp3) is 0.182. The summed E-state index contributed by atoms with van der Waals surface area (Å²) in [6.45, 7) is 2.99. The second-order valence-electron chi connectivity index (χ2n) is 6.30. The third kappa shape index (κ3) is 5.81. The number of hydrogen-bond acceptors (Lipinski definition) is 3. The number of rotatable bonds is 8. The van der Waals surface area contributed by atoms with E-state index in [1.165, 1.54) is 0 Å². The molecule has 0 saturated heterocycles. The first-order valence-electron chi connectivity index (χ1n) is 9.09. The van der Waals surface area contributed by atoms with E-state index in [0.717, 1.165) is 11.3 Å². The summed E-state index contributed by atoms with van der Waals surface area (Å²) in [5.74, 6) is 0.968. The Morgan fingerprint density at radius 2 is 1.53 bits per heavy atom. The molecule has 158 valence electrons. The molecule has 3 aromatic rings. The first kappa shape index (κ1) is 23.2. The van der Waals surface area contributed by atoms with E-state index in [0.29, 0.717) is 55.3 Å². The van der Waals surface area contributed by atoms with Gasteiger partial charge in [0.05, 0.1) is 22.3 Å². The minimum absolute atomic E-state index is 0.163. The van der Waals surface area contributed by atoms with Crippen molar-refractivity contribution < 1.29 is 9.47 Å². The maximum atomic E-state index is 6.51. The highest BCUT2D eigenvalue weighted by atomic mass is 35.5. The van der Waals surface area contributed by atoms with Crippen LogP contribution < -0.4 is 14.8 Å². The molecular weight excluding hydrogens is 488 g/mol. The lowest BCUT2D eigenvalue weighted by molar-refractivity contribution is 0.269. The highest BCUT2D eigenvalue weighted by Crippen LogP contribution is 2.38. The molecule has 0 saturated carbocycles. The molecule has 0 radical (unpaired) electrons. The summed E-state index contributed by atoms with van der Waals surface area (Å²) in [7, 11) is 0. The van der Waals surface area contributed by atoms with Crippen LogP contribution in [0.15, 0.2) is 48.5 Å². The molecule has 0 amide bonds. The summed E-state index contributed by atoms with van der Waals surface area (Å²) in [6, 6.07) is 14.2. The fourth-order valence-corrected chi connectivity index (χ4v) is 4.04. The molecule has 3 aromatic carbocycles. The normalized spacial score (nSPS) is 10.7. The van der Waals surface area contributed by atoms with Gasteiger partial charge in [-0.2, -0.15) is 0 Å². The summed E-state index contributed by atoms with van der Waals surface area (Å²) < 4.78 is 11.7. The molecule has 0 aromatic heterocycles. The van der Waals surface area contributed by atoms with Gasteiger partial charge in [0, 0.05) is 27.2 Å². The molecule has 0 fully saturated rings. The third-order valence-corrected chi connectivity index (χ3v) is 5.74. The second kappa shape index (κ2) is 10.7. The van der Waals surface area contributed by atoms with Gasteiger partial charge in [-0.3, -0.25) is 0 Å². The van der Waals surface area contributed by atoms with E-state index in [2.05, 4.69) is 5.32 Å². The molecule has 8 heteroatoms. The van der Waals surface area contributed by atoms with Crippen molar-refractivity contribution in [3.8, 4) is 11.5 Å². The van der Waals surface area contributed by atoms with Gasteiger partial charge in [-0.15, -0.1) is 0 Å². The van der Waals surface area contributed by atoms with Crippen molar-refractivity contribution in [1.29, 1.82) is 0 Å². The number of halogens is 5. The van der Waals surface area contributed by atoms with E-state index >= 15 is 0 Å². The number of anilines is 1. The molecule has 1 N–H and O–H groups in total. The summed E-state index contributed by atoms with van der Waals surface area (Å²) in [4.78, 5) is 0. The number of hydrogen-bond donors (Lipinski definition) is 1. The van der Waals surface area contributed by atoms with E-state index < -0.39 is 0 Å². The highest BCUT2D eigenvalue weighted by Gasteiger charge is 2.15. The second-order valence-corrected chi connectivity index (χ2v) is 8.37. The minimum Gasteiger partial charge on any atom is -0.490 e. The van der Waals surface area contributed by atoms with Crippen LogP contribution >= 0.6 is 58.0 Å². The Hall–Kier alpha value is -1.49. The average Bonchev–Trinajstić information content (AvgIpc) is 2.68. The van der Waals surface area contributed by atoms with Crippen molar-refractivity contribution >= 4 is 63.7 Å². The Labute approximate surface area is 200 Å². The molecule has 0 aliphatic carbocycles. The molecule has 0 bridgehead atoms. The number of ether oxygens (including phenoxy) is 2. The zero-order valence-electron chi connectivity index (χ0n) is 15.9. The van der Waals surface area contributed by atoms with Crippen LogP contribution in [0.25, 0.3) is 0 Å². The Morgan fingerprint density at radius 1 is 0.800 bits per heavy atom. The predicted molar refractivity (Wildman–Crippen MR) is 127 cm³/mol. The SMILES string of the molecule is CCOc1cc(CNc2ccc(Cl)cc2Cl)cc(Cl)c1OCc1c(Cl)cccc1Cl. The molecule has 0 atom stereocenters. The van der Waals surface area contributed by atoms with Gasteiger partial charge >= 0.3 is 0 Å². The molecular formula is C22H18Cl5NO2. The van der Waals surface area contributed by atoms with Crippen LogP contribution in [0.5, 0.6) is 11.5 Å². The van der Waals surface area contributed by atoms with E-state index in [9.17, 15) is 0 Å². The molecule has 0 aliphatic heterocycles. The van der Waals surface area contributed by atoms with Gasteiger partial charge in [0.2, 0.25) is 0 Å². The lowest BCUT2D eigenvalue weighted by Gasteiger charge is -2.17. The van der Waals surface area contributed by atoms with Crippen LogP contribution in [0.2, 0.25) is 25.1 Å². The van der Waals surface area contributed by atoms with Crippen molar-refractivity contribution in [3.05, 3.63) is 84.8 Å². The maximum absolute atomic E-state index is 6.51. The molecule has 3 nitrogen and oxygen atoms in total. The van der Waals surface area contributed by atoms with Gasteiger partial charge in [0.15, 0.2) is 11.5 Å². The topological polar surface area (TPSA) is 30.5 Å². The molecule has 3 rings (SSSR count). The van der Waals surface area contributed by atoms with Crippen molar-refractivity contribution in [3.63, 3.8) is 0 Å². The van der Waals surface area contributed by atoms with E-state index in [1.807, 2.05) is 25.1 Å². The predicted octanol–water partition coefficient (Wildman–Crippen LogP) is 8.54. The average molecular weight is 506 g/mol. The molecule has 0 aliphatic rings. The largest absolute Gasteiger partial charge is 0.490 e. The Kier molecular flexibility index (Phi) is 8.27. The van der Waals surface area contributed by atoms with E-state index in [4.69, 9.17) is 67.5 Å². The molecule has 0 spiro atoms. The Bertz CT molecular complexity index is 1020.